The molecule has 0 amide bonds. The number of nitrogens with zero attached hydrogens (tertiary/aromatic N) is 5. The lowest BCUT2D eigenvalue weighted by Gasteiger charge is -2.38. The van der Waals surface area contributed by atoms with Crippen LogP contribution in [0.2, 0.25) is 0 Å². The van der Waals surface area contributed by atoms with Crippen molar-refractivity contribution in [1.29, 1.82) is 0 Å². The van der Waals surface area contributed by atoms with Gasteiger partial charge in [-0.15, -0.1) is 0 Å². The molecule has 1 aliphatic heterocycles. The fourth-order valence-corrected chi connectivity index (χ4v) is 5.45. The van der Waals surface area contributed by atoms with Crippen LogP contribution in [0.4, 0.5) is 5.95 Å². The molecule has 2 aromatic heterocycles. The van der Waals surface area contributed by atoms with Crippen LogP contribution >= 0.6 is 0 Å². The van der Waals surface area contributed by atoms with E-state index >= 15 is 0 Å². The largest absolute Gasteiger partial charge is 0.392 e. The predicted octanol–water partition coefficient (Wildman–Crippen LogP) is 2.30. The van der Waals surface area contributed by atoms with E-state index in [-0.39, 0.29) is 23.5 Å². The number of hydrogen-bond donors (Lipinski definition) is 2. The lowest BCUT2D eigenvalue weighted by atomic mass is 10.00. The maximum Gasteiger partial charge on any atom is 0.226 e. The lowest BCUT2D eigenvalue weighted by molar-refractivity contribution is 0.197. The number of aliphatic hydroxyl groups excluding tert-OH is 2. The van der Waals surface area contributed by atoms with Gasteiger partial charge in [-0.25, -0.2) is 23.4 Å². The number of sulfone groups is 1. The highest BCUT2D eigenvalue weighted by molar-refractivity contribution is 7.90. The SMILES string of the molecule is Cc1nc(N2CCn3c(nc4cc(CO)c(S(C)(=O)=O)cc43)[C@@H]2C(C)C)ncc1[C@@H](C)O. The van der Waals surface area contributed by atoms with E-state index in [1.165, 1.54) is 0 Å². The Bertz CT molecular complexity index is 1280. The molecule has 1 aliphatic rings. The van der Waals surface area contributed by atoms with E-state index in [2.05, 4.69) is 33.3 Å². The van der Waals surface area contributed by atoms with E-state index in [1.807, 2.05) is 6.92 Å². The Morgan fingerprint density at radius 3 is 2.47 bits per heavy atom. The van der Waals surface area contributed by atoms with Gasteiger partial charge in [0.15, 0.2) is 9.84 Å². The molecule has 0 saturated carbocycles. The second kappa shape index (κ2) is 8.09. The monoisotopic (exact) mass is 459 g/mol. The van der Waals surface area contributed by atoms with Gasteiger partial charge in [0.05, 0.1) is 34.7 Å². The Hall–Kier alpha value is -2.56. The van der Waals surface area contributed by atoms with Crippen molar-refractivity contribution in [3.05, 3.63) is 41.0 Å². The minimum Gasteiger partial charge on any atom is -0.392 e. The molecule has 3 aromatic rings. The quantitative estimate of drug-likeness (QED) is 0.596. The summed E-state index contributed by atoms with van der Waals surface area (Å²) in [5, 5.41) is 19.6. The molecule has 10 heteroatoms. The third-order valence-corrected chi connectivity index (χ3v) is 7.22. The number of imidazole rings is 1. The highest BCUT2D eigenvalue weighted by Gasteiger charge is 2.35. The number of aliphatic hydroxyl groups is 2. The van der Waals surface area contributed by atoms with Gasteiger partial charge < -0.3 is 19.7 Å². The lowest BCUT2D eigenvalue weighted by Crippen LogP contribution is -2.42. The van der Waals surface area contributed by atoms with Crippen molar-refractivity contribution in [3.8, 4) is 0 Å². The first-order chi connectivity index (χ1) is 15.0. The Labute approximate surface area is 187 Å². The zero-order valence-electron chi connectivity index (χ0n) is 18.9. The summed E-state index contributed by atoms with van der Waals surface area (Å²) in [5.41, 5.74) is 3.18. The fraction of sp³-hybridized carbons (Fsp3) is 0.500. The average molecular weight is 460 g/mol. The van der Waals surface area contributed by atoms with Crippen LogP contribution in [0, 0.1) is 12.8 Å². The van der Waals surface area contributed by atoms with Gasteiger partial charge in [0.1, 0.15) is 5.82 Å². The third kappa shape index (κ3) is 3.76. The molecule has 0 radical (unpaired) electrons. The standard InChI is InChI=1S/C22H29N5O4S/c1-12(2)20-21-25-17-8-15(11-28)19(32(5,30)31)9-18(17)26(21)6-7-27(20)22-23-10-16(14(4)29)13(3)24-22/h8-10,12,14,20,28-29H,6-7,11H2,1-5H3/t14-,20+/m1/s1. The number of aromatic nitrogens is 4. The number of benzene rings is 1. The first-order valence-corrected chi connectivity index (χ1v) is 12.5. The molecule has 0 unspecified atom stereocenters. The predicted molar refractivity (Wildman–Crippen MR) is 121 cm³/mol. The van der Waals surface area contributed by atoms with Gasteiger partial charge in [0.2, 0.25) is 5.95 Å². The minimum atomic E-state index is -3.49. The van der Waals surface area contributed by atoms with Gasteiger partial charge in [-0.2, -0.15) is 0 Å². The van der Waals surface area contributed by atoms with E-state index in [0.717, 1.165) is 23.3 Å². The summed E-state index contributed by atoms with van der Waals surface area (Å²) in [6.07, 6.45) is 2.18. The topological polar surface area (TPSA) is 121 Å². The van der Waals surface area contributed by atoms with Crippen molar-refractivity contribution in [2.45, 2.75) is 57.9 Å². The molecule has 9 nitrogen and oxygen atoms in total. The highest BCUT2D eigenvalue weighted by Crippen LogP contribution is 2.37. The second-order valence-electron chi connectivity index (χ2n) is 8.77. The molecule has 0 saturated heterocycles. The first-order valence-electron chi connectivity index (χ1n) is 10.6. The second-order valence-corrected chi connectivity index (χ2v) is 10.8. The zero-order valence-corrected chi connectivity index (χ0v) is 19.8. The van der Waals surface area contributed by atoms with Gasteiger partial charge in [-0.3, -0.25) is 0 Å². The van der Waals surface area contributed by atoms with Gasteiger partial charge >= 0.3 is 0 Å². The summed E-state index contributed by atoms with van der Waals surface area (Å²) < 4.78 is 26.6. The van der Waals surface area contributed by atoms with E-state index < -0.39 is 15.9 Å². The highest BCUT2D eigenvalue weighted by atomic mass is 32.2. The normalized spacial score (nSPS) is 17.8. The third-order valence-electron chi connectivity index (χ3n) is 6.04. The van der Waals surface area contributed by atoms with E-state index in [4.69, 9.17) is 4.98 Å². The fourth-order valence-electron chi connectivity index (χ4n) is 4.52. The summed E-state index contributed by atoms with van der Waals surface area (Å²) >= 11 is 0. The molecule has 172 valence electrons. The van der Waals surface area contributed by atoms with Crippen LogP contribution in [-0.2, 0) is 23.0 Å². The summed E-state index contributed by atoms with van der Waals surface area (Å²) in [4.78, 5) is 16.3. The molecule has 2 N–H and O–H groups in total. The summed E-state index contributed by atoms with van der Waals surface area (Å²) in [6.45, 7) is 8.61. The Morgan fingerprint density at radius 1 is 1.19 bits per heavy atom. The smallest absolute Gasteiger partial charge is 0.226 e. The van der Waals surface area contributed by atoms with Crippen molar-refractivity contribution in [2.24, 2.45) is 5.92 Å². The molecule has 0 aliphatic carbocycles. The van der Waals surface area contributed by atoms with Crippen molar-refractivity contribution >= 4 is 26.8 Å². The van der Waals surface area contributed by atoms with Crippen LogP contribution in [0.3, 0.4) is 0 Å². The van der Waals surface area contributed by atoms with Crippen LogP contribution in [0.5, 0.6) is 0 Å². The van der Waals surface area contributed by atoms with Crippen molar-refractivity contribution in [3.63, 3.8) is 0 Å². The Kier molecular flexibility index (Phi) is 5.72. The molecule has 2 atom stereocenters. The van der Waals surface area contributed by atoms with Crippen LogP contribution in [0.15, 0.2) is 23.2 Å². The molecule has 4 rings (SSSR count). The molecular formula is C22H29N5O4S. The average Bonchev–Trinajstić information content (AvgIpc) is 3.08. The maximum absolute atomic E-state index is 12.3. The molecule has 0 bridgehead atoms. The van der Waals surface area contributed by atoms with E-state index in [9.17, 15) is 18.6 Å². The van der Waals surface area contributed by atoms with Gasteiger partial charge in [-0.05, 0) is 37.5 Å². The Morgan fingerprint density at radius 2 is 1.91 bits per heavy atom. The van der Waals surface area contributed by atoms with Gasteiger partial charge in [-0.1, -0.05) is 13.8 Å². The van der Waals surface area contributed by atoms with Crippen molar-refractivity contribution < 1.29 is 18.6 Å². The van der Waals surface area contributed by atoms with Gasteiger partial charge in [0.25, 0.3) is 0 Å². The molecule has 0 spiro atoms. The van der Waals surface area contributed by atoms with Gasteiger partial charge in [0, 0.05) is 36.8 Å². The molecule has 32 heavy (non-hydrogen) atoms. The minimum absolute atomic E-state index is 0.118. The number of aryl methyl sites for hydroxylation is 1. The molecule has 1 aromatic carbocycles. The number of hydrogen-bond acceptors (Lipinski definition) is 8. The van der Waals surface area contributed by atoms with E-state index in [1.54, 1.807) is 25.3 Å². The molecule has 0 fully saturated rings. The van der Waals surface area contributed by atoms with E-state index in [0.29, 0.717) is 35.7 Å². The zero-order chi connectivity index (χ0) is 23.4. The van der Waals surface area contributed by atoms with Crippen LogP contribution < -0.4 is 4.90 Å². The molecule has 3 heterocycles. The summed E-state index contributed by atoms with van der Waals surface area (Å²) in [5.74, 6) is 1.58. The van der Waals surface area contributed by atoms with Crippen molar-refractivity contribution in [1.82, 2.24) is 19.5 Å². The summed E-state index contributed by atoms with van der Waals surface area (Å²) in [7, 11) is -3.49. The van der Waals surface area contributed by atoms with Crippen LogP contribution in [0.25, 0.3) is 11.0 Å². The number of rotatable bonds is 5. The maximum atomic E-state index is 12.3. The summed E-state index contributed by atoms with van der Waals surface area (Å²) in [6, 6.07) is 3.17. The van der Waals surface area contributed by atoms with Crippen LogP contribution in [-0.4, -0.2) is 51.0 Å². The number of anilines is 1. The van der Waals surface area contributed by atoms with Crippen molar-refractivity contribution in [2.75, 3.05) is 17.7 Å². The Balaban J connectivity index is 1.86. The van der Waals surface area contributed by atoms with Crippen LogP contribution in [0.1, 0.15) is 55.6 Å². The first kappa shape index (κ1) is 22.6. The molecular weight excluding hydrogens is 430 g/mol. The number of fused-ring (bicyclic) bond motifs is 3.